The topological polar surface area (TPSA) is 105 Å². The number of ether oxygens (including phenoxy) is 1. The Bertz CT molecular complexity index is 1230. The lowest BCUT2D eigenvalue weighted by Gasteiger charge is -2.17. The minimum atomic E-state index is -1.12. The number of anilines is 2. The van der Waals surface area contributed by atoms with Gasteiger partial charge < -0.3 is 20.5 Å². The first-order valence-electron chi connectivity index (χ1n) is 11.4. The molecule has 35 heavy (non-hydrogen) atoms. The summed E-state index contributed by atoms with van der Waals surface area (Å²) in [5.74, 6) is -0.610. The molecule has 3 aromatic rings. The van der Waals surface area contributed by atoms with Crippen LogP contribution >= 0.6 is 0 Å². The van der Waals surface area contributed by atoms with E-state index in [2.05, 4.69) is 10.6 Å². The van der Waals surface area contributed by atoms with Gasteiger partial charge in [0.25, 0.3) is 0 Å². The molecule has 0 aliphatic carbocycles. The van der Waals surface area contributed by atoms with Crippen LogP contribution < -0.4 is 15.4 Å². The van der Waals surface area contributed by atoms with Gasteiger partial charge in [-0.3, -0.25) is 9.59 Å². The van der Waals surface area contributed by atoms with Crippen LogP contribution in [-0.2, 0) is 4.79 Å². The van der Waals surface area contributed by atoms with Gasteiger partial charge in [0.05, 0.1) is 17.7 Å². The van der Waals surface area contributed by atoms with Crippen molar-refractivity contribution >= 4 is 29.2 Å². The van der Waals surface area contributed by atoms with Gasteiger partial charge in [-0.25, -0.2) is 4.79 Å². The lowest BCUT2D eigenvalue weighted by molar-refractivity contribution is -0.146. The Morgan fingerprint density at radius 3 is 2.14 bits per heavy atom. The number of Topliss-reactive ketones (excluding diaryl/α,β-unsaturated/α-hetero) is 1. The Morgan fingerprint density at radius 1 is 0.886 bits per heavy atom. The number of benzene rings is 3. The van der Waals surface area contributed by atoms with Crippen LogP contribution in [0.2, 0.25) is 0 Å². The molecular formula is C28H30N2O5. The highest BCUT2D eigenvalue weighted by Gasteiger charge is 2.30. The third-order valence-electron chi connectivity index (χ3n) is 5.63. The molecule has 0 saturated carbocycles. The van der Waals surface area contributed by atoms with Crippen LogP contribution in [0.1, 0.15) is 43.1 Å². The van der Waals surface area contributed by atoms with E-state index < -0.39 is 11.4 Å². The van der Waals surface area contributed by atoms with Gasteiger partial charge in [0, 0.05) is 17.7 Å². The maximum atomic E-state index is 12.5. The molecule has 2 amide bonds. The normalized spacial score (nSPS) is 11.0. The molecular weight excluding hydrogens is 444 g/mol. The molecule has 0 radical (unpaired) electrons. The number of carboxylic acid groups (broad SMARTS) is 1. The number of carboxylic acids is 1. The van der Waals surface area contributed by atoms with Crippen LogP contribution in [0, 0.1) is 12.3 Å². The zero-order valence-corrected chi connectivity index (χ0v) is 20.3. The number of rotatable bonds is 9. The van der Waals surface area contributed by atoms with Gasteiger partial charge in [-0.1, -0.05) is 42.5 Å². The Morgan fingerprint density at radius 2 is 1.51 bits per heavy atom. The van der Waals surface area contributed by atoms with E-state index in [4.69, 9.17) is 4.74 Å². The summed E-state index contributed by atoms with van der Waals surface area (Å²) in [7, 11) is 0. The summed E-state index contributed by atoms with van der Waals surface area (Å²) in [6, 6.07) is 19.6. The smallest absolute Gasteiger partial charge is 0.323 e. The van der Waals surface area contributed by atoms with Crippen molar-refractivity contribution in [3.05, 3.63) is 77.9 Å². The number of hydrogen-bond donors (Lipinski definition) is 3. The number of aryl methyl sites for hydroxylation is 1. The van der Waals surface area contributed by atoms with E-state index in [-0.39, 0.29) is 18.2 Å². The molecule has 7 nitrogen and oxygen atoms in total. The van der Waals surface area contributed by atoms with E-state index in [0.29, 0.717) is 29.3 Å². The van der Waals surface area contributed by atoms with Crippen molar-refractivity contribution < 1.29 is 24.2 Å². The van der Waals surface area contributed by atoms with Crippen LogP contribution in [0.15, 0.2) is 66.7 Å². The van der Waals surface area contributed by atoms with Crippen molar-refractivity contribution in [3.8, 4) is 16.9 Å². The number of urea groups is 1. The fourth-order valence-corrected chi connectivity index (χ4v) is 3.54. The minimum absolute atomic E-state index is 0.0712. The highest BCUT2D eigenvalue weighted by molar-refractivity contribution is 6.01. The van der Waals surface area contributed by atoms with E-state index in [0.717, 1.165) is 16.7 Å². The summed E-state index contributed by atoms with van der Waals surface area (Å²) in [5, 5.41) is 14.9. The Balaban J connectivity index is 1.68. The molecule has 0 unspecified atom stereocenters. The molecule has 3 rings (SSSR count). The van der Waals surface area contributed by atoms with Gasteiger partial charge >= 0.3 is 12.0 Å². The van der Waals surface area contributed by atoms with Crippen LogP contribution in [0.4, 0.5) is 16.2 Å². The van der Waals surface area contributed by atoms with Gasteiger partial charge in [-0.2, -0.15) is 0 Å². The van der Waals surface area contributed by atoms with Gasteiger partial charge in [-0.15, -0.1) is 0 Å². The van der Waals surface area contributed by atoms with Crippen molar-refractivity contribution in [2.75, 3.05) is 17.2 Å². The number of ketones is 1. The molecule has 3 N–H and O–H groups in total. The molecule has 0 bridgehead atoms. The first-order chi connectivity index (χ1) is 16.6. The van der Waals surface area contributed by atoms with Crippen molar-refractivity contribution in [2.45, 2.75) is 34.1 Å². The largest absolute Gasteiger partial charge is 0.492 e. The molecule has 0 aromatic heterocycles. The van der Waals surface area contributed by atoms with Crippen molar-refractivity contribution in [2.24, 2.45) is 5.41 Å². The van der Waals surface area contributed by atoms with E-state index in [9.17, 15) is 19.5 Å². The SMILES string of the molecule is CCOc1ccccc1NC(=O)Nc1ccc(-c2ccc(C(=O)CC(C)(C)C(=O)O)cc2)cc1C. The van der Waals surface area contributed by atoms with E-state index >= 15 is 0 Å². The van der Waals surface area contributed by atoms with Gasteiger partial charge in [0.1, 0.15) is 5.75 Å². The van der Waals surface area contributed by atoms with E-state index in [1.807, 2.05) is 56.3 Å². The molecule has 0 atom stereocenters. The van der Waals surface area contributed by atoms with Gasteiger partial charge in [0.2, 0.25) is 0 Å². The second-order valence-electron chi connectivity index (χ2n) is 8.90. The first kappa shape index (κ1) is 25.5. The Labute approximate surface area is 205 Å². The molecule has 3 aromatic carbocycles. The predicted octanol–water partition coefficient (Wildman–Crippen LogP) is 6.39. The Kier molecular flexibility index (Phi) is 7.91. The maximum Gasteiger partial charge on any atom is 0.323 e. The number of amides is 2. The second-order valence-corrected chi connectivity index (χ2v) is 8.90. The summed E-state index contributed by atoms with van der Waals surface area (Å²) < 4.78 is 5.54. The molecule has 7 heteroatoms. The minimum Gasteiger partial charge on any atom is -0.492 e. The zero-order chi connectivity index (χ0) is 25.6. The fraction of sp³-hybridized carbons (Fsp3) is 0.250. The molecule has 0 saturated heterocycles. The number of aliphatic carboxylic acids is 1. The number of carbonyl (C=O) groups excluding carboxylic acids is 2. The second kappa shape index (κ2) is 10.9. The lowest BCUT2D eigenvalue weighted by atomic mass is 9.85. The molecule has 0 aliphatic rings. The average Bonchev–Trinajstić information content (AvgIpc) is 2.81. The van der Waals surface area contributed by atoms with Crippen LogP contribution in [0.3, 0.4) is 0 Å². The van der Waals surface area contributed by atoms with Crippen LogP contribution in [0.25, 0.3) is 11.1 Å². The van der Waals surface area contributed by atoms with E-state index in [1.165, 1.54) is 13.8 Å². The highest BCUT2D eigenvalue weighted by atomic mass is 16.5. The third-order valence-corrected chi connectivity index (χ3v) is 5.63. The monoisotopic (exact) mass is 474 g/mol. The highest BCUT2D eigenvalue weighted by Crippen LogP contribution is 2.28. The van der Waals surface area contributed by atoms with Crippen molar-refractivity contribution in [1.29, 1.82) is 0 Å². The molecule has 0 aliphatic heterocycles. The maximum absolute atomic E-state index is 12.5. The fourth-order valence-electron chi connectivity index (χ4n) is 3.54. The summed E-state index contributed by atoms with van der Waals surface area (Å²) in [6.45, 7) is 7.36. The molecule has 182 valence electrons. The predicted molar refractivity (Wildman–Crippen MR) is 137 cm³/mol. The average molecular weight is 475 g/mol. The molecule has 0 heterocycles. The standard InChI is InChI=1S/C28H30N2O5/c1-5-35-25-9-7-6-8-23(25)30-27(34)29-22-15-14-21(16-18(22)2)19-10-12-20(13-11-19)24(31)17-28(3,4)26(32)33/h6-16H,5,17H2,1-4H3,(H,32,33)(H2,29,30,34). The molecule has 0 spiro atoms. The quantitative estimate of drug-likeness (QED) is 0.312. The summed E-state index contributed by atoms with van der Waals surface area (Å²) in [6.07, 6.45) is -0.0712. The summed E-state index contributed by atoms with van der Waals surface area (Å²) >= 11 is 0. The Hall–Kier alpha value is -4.13. The van der Waals surface area contributed by atoms with E-state index in [1.54, 1.807) is 24.3 Å². The van der Waals surface area contributed by atoms with Gasteiger partial charge in [-0.05, 0) is 68.7 Å². The van der Waals surface area contributed by atoms with Crippen molar-refractivity contribution in [1.82, 2.24) is 0 Å². The zero-order valence-electron chi connectivity index (χ0n) is 20.3. The van der Waals surface area contributed by atoms with Crippen LogP contribution in [-0.4, -0.2) is 29.5 Å². The third kappa shape index (κ3) is 6.47. The molecule has 0 fully saturated rings. The van der Waals surface area contributed by atoms with Crippen LogP contribution in [0.5, 0.6) is 5.75 Å². The van der Waals surface area contributed by atoms with Gasteiger partial charge in [0.15, 0.2) is 5.78 Å². The number of nitrogens with one attached hydrogen (secondary N) is 2. The summed E-state index contributed by atoms with van der Waals surface area (Å²) in [4.78, 5) is 36.3. The number of para-hydroxylation sites is 2. The lowest BCUT2D eigenvalue weighted by Crippen LogP contribution is -2.26. The first-order valence-corrected chi connectivity index (χ1v) is 11.4. The summed E-state index contributed by atoms with van der Waals surface area (Å²) in [5.41, 5.74) is 3.32. The number of carbonyl (C=O) groups is 3. The van der Waals surface area contributed by atoms with Crippen molar-refractivity contribution in [3.63, 3.8) is 0 Å². The number of hydrogen-bond acceptors (Lipinski definition) is 4.